The SMILES string of the molecule is CCc1c2ccccc2c(CC)c2c(Oc3c(C)ccc4c(CC)c5ccccc5c(CC)c34)c(C)ccc12. The molecule has 0 aliphatic rings. The molecule has 0 bridgehead atoms. The van der Waals surface area contributed by atoms with Crippen LogP contribution in [0.3, 0.4) is 0 Å². The first-order valence-electron chi connectivity index (χ1n) is 14.6. The van der Waals surface area contributed by atoms with E-state index in [0.717, 1.165) is 37.2 Å². The van der Waals surface area contributed by atoms with Crippen molar-refractivity contribution < 1.29 is 4.74 Å². The second kappa shape index (κ2) is 10.0. The molecule has 0 radical (unpaired) electrons. The van der Waals surface area contributed by atoms with Crippen molar-refractivity contribution in [1.29, 1.82) is 0 Å². The quantitative estimate of drug-likeness (QED) is 0.202. The number of fused-ring (bicyclic) bond motifs is 4. The number of hydrogen-bond acceptors (Lipinski definition) is 1. The van der Waals surface area contributed by atoms with Crippen molar-refractivity contribution in [2.75, 3.05) is 0 Å². The first-order valence-corrected chi connectivity index (χ1v) is 14.6. The van der Waals surface area contributed by atoms with Gasteiger partial charge in [-0.3, -0.25) is 0 Å². The normalized spacial score (nSPS) is 11.7. The zero-order valence-electron chi connectivity index (χ0n) is 24.2. The van der Waals surface area contributed by atoms with Crippen molar-refractivity contribution in [3.63, 3.8) is 0 Å². The Morgan fingerprint density at radius 3 is 1.08 bits per heavy atom. The largest absolute Gasteiger partial charge is 0.455 e. The van der Waals surface area contributed by atoms with Crippen molar-refractivity contribution >= 4 is 43.1 Å². The molecule has 6 aromatic rings. The summed E-state index contributed by atoms with van der Waals surface area (Å²) in [6.07, 6.45) is 3.89. The van der Waals surface area contributed by atoms with Crippen LogP contribution in [0.4, 0.5) is 0 Å². The minimum Gasteiger partial charge on any atom is -0.455 e. The van der Waals surface area contributed by atoms with Crippen molar-refractivity contribution in [2.24, 2.45) is 0 Å². The van der Waals surface area contributed by atoms with Crippen LogP contribution in [0.25, 0.3) is 43.1 Å². The minimum atomic E-state index is 0.959. The van der Waals surface area contributed by atoms with Crippen LogP contribution in [0.15, 0.2) is 72.8 Å². The maximum Gasteiger partial charge on any atom is 0.138 e. The van der Waals surface area contributed by atoms with Crippen LogP contribution >= 0.6 is 0 Å². The van der Waals surface area contributed by atoms with Gasteiger partial charge in [-0.1, -0.05) is 100 Å². The first kappa shape index (κ1) is 25.4. The average Bonchev–Trinajstić information content (AvgIpc) is 2.97. The number of hydrogen-bond donors (Lipinski definition) is 0. The Bertz CT molecular complexity index is 1750. The van der Waals surface area contributed by atoms with Crippen LogP contribution < -0.4 is 4.74 Å². The molecule has 0 unspecified atom stereocenters. The lowest BCUT2D eigenvalue weighted by atomic mass is 9.87. The van der Waals surface area contributed by atoms with Crippen LogP contribution in [0.5, 0.6) is 11.5 Å². The molecule has 196 valence electrons. The van der Waals surface area contributed by atoms with Gasteiger partial charge in [-0.05, 0) is 105 Å². The maximum absolute atomic E-state index is 7.25. The van der Waals surface area contributed by atoms with Gasteiger partial charge in [0.2, 0.25) is 0 Å². The van der Waals surface area contributed by atoms with Crippen molar-refractivity contribution in [3.05, 3.63) is 106 Å². The molecule has 6 rings (SSSR count). The van der Waals surface area contributed by atoms with Crippen LogP contribution in [-0.4, -0.2) is 0 Å². The number of aryl methyl sites for hydroxylation is 6. The van der Waals surface area contributed by atoms with Gasteiger partial charge in [-0.2, -0.15) is 0 Å². The topological polar surface area (TPSA) is 9.23 Å². The van der Waals surface area contributed by atoms with E-state index in [0.29, 0.717) is 0 Å². The average molecular weight is 511 g/mol. The summed E-state index contributed by atoms with van der Waals surface area (Å²) in [5, 5.41) is 10.6. The molecule has 0 N–H and O–H groups in total. The Morgan fingerprint density at radius 2 is 0.744 bits per heavy atom. The number of rotatable bonds is 6. The predicted molar refractivity (Wildman–Crippen MR) is 170 cm³/mol. The highest BCUT2D eigenvalue weighted by Gasteiger charge is 2.21. The van der Waals surface area contributed by atoms with E-state index in [4.69, 9.17) is 4.74 Å². The zero-order valence-corrected chi connectivity index (χ0v) is 24.2. The van der Waals surface area contributed by atoms with Gasteiger partial charge in [0.25, 0.3) is 0 Å². The van der Waals surface area contributed by atoms with E-state index < -0.39 is 0 Å². The van der Waals surface area contributed by atoms with E-state index in [2.05, 4.69) is 114 Å². The summed E-state index contributed by atoms with van der Waals surface area (Å²) in [5.74, 6) is 2.02. The van der Waals surface area contributed by atoms with Gasteiger partial charge in [0, 0.05) is 10.8 Å². The van der Waals surface area contributed by atoms with Gasteiger partial charge >= 0.3 is 0 Å². The predicted octanol–water partition coefficient (Wildman–Crippen LogP) is 11.0. The summed E-state index contributed by atoms with van der Waals surface area (Å²) in [6.45, 7) is 13.5. The molecule has 0 atom stereocenters. The summed E-state index contributed by atoms with van der Waals surface area (Å²) >= 11 is 0. The monoisotopic (exact) mass is 510 g/mol. The molecular weight excluding hydrogens is 472 g/mol. The second-order valence-electron chi connectivity index (χ2n) is 10.8. The van der Waals surface area contributed by atoms with E-state index in [-0.39, 0.29) is 0 Å². The Morgan fingerprint density at radius 1 is 0.410 bits per heavy atom. The Labute approximate surface area is 232 Å². The summed E-state index contributed by atoms with van der Waals surface area (Å²) in [4.78, 5) is 0. The van der Waals surface area contributed by atoms with Gasteiger partial charge in [-0.15, -0.1) is 0 Å². The van der Waals surface area contributed by atoms with Crippen LogP contribution in [0, 0.1) is 13.8 Å². The van der Waals surface area contributed by atoms with Crippen LogP contribution in [0.1, 0.15) is 61.1 Å². The molecule has 0 amide bonds. The number of ether oxygens (including phenoxy) is 1. The maximum atomic E-state index is 7.25. The zero-order chi connectivity index (χ0) is 27.3. The van der Waals surface area contributed by atoms with E-state index in [1.807, 2.05) is 0 Å². The first-order chi connectivity index (χ1) is 19.0. The van der Waals surface area contributed by atoms with Gasteiger partial charge in [0.15, 0.2) is 0 Å². The smallest absolute Gasteiger partial charge is 0.138 e. The van der Waals surface area contributed by atoms with Gasteiger partial charge in [0.05, 0.1) is 0 Å². The molecule has 1 nitrogen and oxygen atoms in total. The Hall–Kier alpha value is -3.84. The highest BCUT2D eigenvalue weighted by atomic mass is 16.5. The lowest BCUT2D eigenvalue weighted by molar-refractivity contribution is 0.486. The second-order valence-corrected chi connectivity index (χ2v) is 10.8. The summed E-state index contributed by atoms with van der Waals surface area (Å²) in [7, 11) is 0. The summed E-state index contributed by atoms with van der Waals surface area (Å²) in [5.41, 5.74) is 7.94. The van der Waals surface area contributed by atoms with Crippen molar-refractivity contribution in [2.45, 2.75) is 67.2 Å². The Kier molecular flexibility index (Phi) is 6.55. The van der Waals surface area contributed by atoms with Crippen LogP contribution in [-0.2, 0) is 25.7 Å². The molecule has 0 aromatic heterocycles. The Balaban J connectivity index is 1.74. The fourth-order valence-electron chi connectivity index (χ4n) is 6.92. The molecule has 0 aliphatic heterocycles. The molecule has 39 heavy (non-hydrogen) atoms. The van der Waals surface area contributed by atoms with E-state index in [1.165, 1.54) is 76.5 Å². The third-order valence-electron chi connectivity index (χ3n) is 8.74. The van der Waals surface area contributed by atoms with Gasteiger partial charge in [0.1, 0.15) is 11.5 Å². The van der Waals surface area contributed by atoms with E-state index in [1.54, 1.807) is 0 Å². The third-order valence-corrected chi connectivity index (χ3v) is 8.74. The molecule has 0 saturated carbocycles. The molecular formula is C38H38O. The van der Waals surface area contributed by atoms with E-state index >= 15 is 0 Å². The molecule has 0 heterocycles. The lowest BCUT2D eigenvalue weighted by Gasteiger charge is -2.23. The van der Waals surface area contributed by atoms with Crippen molar-refractivity contribution in [3.8, 4) is 11.5 Å². The highest BCUT2D eigenvalue weighted by molar-refractivity contribution is 6.10. The van der Waals surface area contributed by atoms with Crippen LogP contribution in [0.2, 0.25) is 0 Å². The summed E-state index contributed by atoms with van der Waals surface area (Å²) in [6, 6.07) is 27.0. The lowest BCUT2D eigenvalue weighted by Crippen LogP contribution is -2.01. The molecule has 0 saturated heterocycles. The number of benzene rings is 6. The van der Waals surface area contributed by atoms with Gasteiger partial charge in [-0.25, -0.2) is 0 Å². The van der Waals surface area contributed by atoms with E-state index in [9.17, 15) is 0 Å². The standard InChI is InChI=1S/C38H38O/c1-7-25-29-15-11-13-17-31(29)27(9-3)35-33(25)21-19-23(5)37(35)39-38-24(6)20-22-34-26(8-2)30-16-12-14-18-32(30)28(10-4)36(34)38/h11-22H,7-10H2,1-6H3. The fourth-order valence-corrected chi connectivity index (χ4v) is 6.92. The van der Waals surface area contributed by atoms with Crippen molar-refractivity contribution in [1.82, 2.24) is 0 Å². The molecule has 6 aromatic carbocycles. The summed E-state index contributed by atoms with van der Waals surface area (Å²) < 4.78 is 7.25. The highest BCUT2D eigenvalue weighted by Crippen LogP contribution is 2.46. The molecule has 0 fully saturated rings. The minimum absolute atomic E-state index is 0.959. The molecule has 1 heteroatoms. The third kappa shape index (κ3) is 3.82. The van der Waals surface area contributed by atoms with Gasteiger partial charge < -0.3 is 4.74 Å². The molecule has 0 spiro atoms. The molecule has 0 aliphatic carbocycles. The fraction of sp³-hybridized carbons (Fsp3) is 0.263.